The van der Waals surface area contributed by atoms with Crippen molar-refractivity contribution in [2.75, 3.05) is 0 Å². The van der Waals surface area contributed by atoms with Crippen LogP contribution in [0.5, 0.6) is 0 Å². The SMILES string of the molecule is CC(CCc1ccccc1)n1cncc1[C@@H](C)N. The minimum Gasteiger partial charge on any atom is -0.330 e. The summed E-state index contributed by atoms with van der Waals surface area (Å²) in [5.41, 5.74) is 8.43. The second kappa shape index (κ2) is 5.83. The molecule has 3 heteroatoms. The topological polar surface area (TPSA) is 43.8 Å². The van der Waals surface area contributed by atoms with Gasteiger partial charge in [0.1, 0.15) is 0 Å². The van der Waals surface area contributed by atoms with Gasteiger partial charge in [-0.3, -0.25) is 0 Å². The lowest BCUT2D eigenvalue weighted by Crippen LogP contribution is -2.15. The average Bonchev–Trinajstić information content (AvgIpc) is 2.86. The van der Waals surface area contributed by atoms with Crippen LogP contribution in [-0.4, -0.2) is 9.55 Å². The first-order valence-electron chi connectivity index (χ1n) is 6.49. The van der Waals surface area contributed by atoms with E-state index in [0.29, 0.717) is 6.04 Å². The smallest absolute Gasteiger partial charge is 0.0951 e. The quantitative estimate of drug-likeness (QED) is 0.877. The normalized spacial score (nSPS) is 14.4. The number of nitrogens with two attached hydrogens (primary N) is 1. The molecule has 0 saturated heterocycles. The van der Waals surface area contributed by atoms with Gasteiger partial charge in [-0.15, -0.1) is 0 Å². The van der Waals surface area contributed by atoms with E-state index < -0.39 is 0 Å². The van der Waals surface area contributed by atoms with E-state index in [1.165, 1.54) is 5.56 Å². The summed E-state index contributed by atoms with van der Waals surface area (Å²) < 4.78 is 2.19. The first-order valence-corrected chi connectivity index (χ1v) is 6.49. The molecule has 0 aliphatic carbocycles. The molecule has 2 rings (SSSR count). The zero-order chi connectivity index (χ0) is 13.0. The summed E-state index contributed by atoms with van der Waals surface area (Å²) in [5, 5.41) is 0. The van der Waals surface area contributed by atoms with Crippen molar-refractivity contribution in [2.24, 2.45) is 5.73 Å². The van der Waals surface area contributed by atoms with Crippen molar-refractivity contribution in [3.05, 3.63) is 54.1 Å². The Kier molecular flexibility index (Phi) is 4.15. The Morgan fingerprint density at radius 1 is 1.22 bits per heavy atom. The molecule has 0 spiro atoms. The molecule has 18 heavy (non-hydrogen) atoms. The van der Waals surface area contributed by atoms with Gasteiger partial charge >= 0.3 is 0 Å². The van der Waals surface area contributed by atoms with E-state index in [0.717, 1.165) is 18.5 Å². The van der Waals surface area contributed by atoms with Crippen molar-refractivity contribution >= 4 is 0 Å². The van der Waals surface area contributed by atoms with Gasteiger partial charge in [0.25, 0.3) is 0 Å². The minimum atomic E-state index is 0.0340. The highest BCUT2D eigenvalue weighted by atomic mass is 15.1. The van der Waals surface area contributed by atoms with E-state index in [1.54, 1.807) is 0 Å². The van der Waals surface area contributed by atoms with Crippen LogP contribution in [-0.2, 0) is 6.42 Å². The molecular weight excluding hydrogens is 222 g/mol. The fraction of sp³-hybridized carbons (Fsp3) is 0.400. The van der Waals surface area contributed by atoms with Crippen molar-refractivity contribution in [3.8, 4) is 0 Å². The standard InChI is InChI=1S/C15H21N3/c1-12(8-9-14-6-4-3-5-7-14)18-11-17-10-15(18)13(2)16/h3-7,10-13H,8-9,16H2,1-2H3/t12?,13-/m1/s1. The molecule has 0 amide bonds. The fourth-order valence-corrected chi connectivity index (χ4v) is 2.20. The maximum Gasteiger partial charge on any atom is 0.0951 e. The number of nitrogens with zero attached hydrogens (tertiary/aromatic N) is 2. The third kappa shape index (κ3) is 2.99. The molecule has 96 valence electrons. The van der Waals surface area contributed by atoms with Crippen LogP contribution >= 0.6 is 0 Å². The summed E-state index contributed by atoms with van der Waals surface area (Å²) in [4.78, 5) is 4.20. The van der Waals surface area contributed by atoms with Crippen LogP contribution < -0.4 is 5.73 Å². The Labute approximate surface area is 109 Å². The summed E-state index contributed by atoms with van der Waals surface area (Å²) in [6.45, 7) is 4.22. The summed E-state index contributed by atoms with van der Waals surface area (Å²) in [6.07, 6.45) is 5.93. The number of aryl methyl sites for hydroxylation is 1. The van der Waals surface area contributed by atoms with Gasteiger partial charge in [-0.1, -0.05) is 30.3 Å². The molecule has 0 saturated carbocycles. The molecule has 2 N–H and O–H groups in total. The Morgan fingerprint density at radius 3 is 2.61 bits per heavy atom. The lowest BCUT2D eigenvalue weighted by Gasteiger charge is -2.18. The Hall–Kier alpha value is -1.61. The summed E-state index contributed by atoms with van der Waals surface area (Å²) >= 11 is 0. The number of hydrogen-bond donors (Lipinski definition) is 1. The lowest BCUT2D eigenvalue weighted by molar-refractivity contribution is 0.480. The Bertz CT molecular complexity index is 473. The van der Waals surface area contributed by atoms with Gasteiger partial charge in [0.05, 0.1) is 12.0 Å². The van der Waals surface area contributed by atoms with Crippen molar-refractivity contribution in [1.82, 2.24) is 9.55 Å². The highest BCUT2D eigenvalue weighted by Crippen LogP contribution is 2.19. The van der Waals surface area contributed by atoms with Gasteiger partial charge in [-0.05, 0) is 32.3 Å². The first kappa shape index (κ1) is 12.8. The maximum absolute atomic E-state index is 5.94. The van der Waals surface area contributed by atoms with Gasteiger partial charge < -0.3 is 10.3 Å². The zero-order valence-corrected chi connectivity index (χ0v) is 11.1. The van der Waals surface area contributed by atoms with Crippen LogP contribution in [0.1, 0.15) is 43.6 Å². The van der Waals surface area contributed by atoms with Crippen LogP contribution in [0.25, 0.3) is 0 Å². The zero-order valence-electron chi connectivity index (χ0n) is 11.1. The third-order valence-electron chi connectivity index (χ3n) is 3.33. The predicted molar refractivity (Wildman–Crippen MR) is 74.3 cm³/mol. The summed E-state index contributed by atoms with van der Waals surface area (Å²) in [5.74, 6) is 0. The van der Waals surface area contributed by atoms with Crippen molar-refractivity contribution in [2.45, 2.75) is 38.8 Å². The average molecular weight is 243 g/mol. The second-order valence-corrected chi connectivity index (χ2v) is 4.89. The predicted octanol–water partition coefficient (Wildman–Crippen LogP) is 3.10. The van der Waals surface area contributed by atoms with Gasteiger partial charge in [0, 0.05) is 18.3 Å². The van der Waals surface area contributed by atoms with Crippen molar-refractivity contribution in [3.63, 3.8) is 0 Å². The second-order valence-electron chi connectivity index (χ2n) is 4.89. The van der Waals surface area contributed by atoms with Crippen LogP contribution in [0.15, 0.2) is 42.9 Å². The molecule has 0 bridgehead atoms. The van der Waals surface area contributed by atoms with E-state index in [9.17, 15) is 0 Å². The monoisotopic (exact) mass is 243 g/mol. The minimum absolute atomic E-state index is 0.0340. The highest BCUT2D eigenvalue weighted by molar-refractivity contribution is 5.15. The number of rotatable bonds is 5. The van der Waals surface area contributed by atoms with Crippen molar-refractivity contribution in [1.29, 1.82) is 0 Å². The molecule has 0 fully saturated rings. The fourth-order valence-electron chi connectivity index (χ4n) is 2.20. The van der Waals surface area contributed by atoms with Gasteiger partial charge in [0.2, 0.25) is 0 Å². The summed E-state index contributed by atoms with van der Waals surface area (Å²) in [7, 11) is 0. The molecular formula is C15H21N3. The molecule has 1 unspecified atom stereocenters. The number of hydrogen-bond acceptors (Lipinski definition) is 2. The molecule has 2 atom stereocenters. The highest BCUT2D eigenvalue weighted by Gasteiger charge is 2.12. The van der Waals surface area contributed by atoms with Gasteiger partial charge in [0.15, 0.2) is 0 Å². The van der Waals surface area contributed by atoms with Crippen LogP contribution in [0, 0.1) is 0 Å². The largest absolute Gasteiger partial charge is 0.330 e. The Balaban J connectivity index is 1.99. The lowest BCUT2D eigenvalue weighted by atomic mass is 10.1. The molecule has 0 aliphatic heterocycles. The Morgan fingerprint density at radius 2 is 1.94 bits per heavy atom. The van der Waals surface area contributed by atoms with E-state index in [2.05, 4.69) is 46.8 Å². The number of imidazole rings is 1. The van der Waals surface area contributed by atoms with Crippen molar-refractivity contribution < 1.29 is 0 Å². The molecule has 0 aliphatic rings. The number of aromatic nitrogens is 2. The van der Waals surface area contributed by atoms with E-state index in [-0.39, 0.29) is 6.04 Å². The van der Waals surface area contributed by atoms with Gasteiger partial charge in [-0.25, -0.2) is 4.98 Å². The molecule has 0 radical (unpaired) electrons. The number of benzene rings is 1. The summed E-state index contributed by atoms with van der Waals surface area (Å²) in [6, 6.07) is 11.0. The molecule has 1 aromatic carbocycles. The van der Waals surface area contributed by atoms with Crippen LogP contribution in [0.4, 0.5) is 0 Å². The van der Waals surface area contributed by atoms with E-state index >= 15 is 0 Å². The third-order valence-corrected chi connectivity index (χ3v) is 3.33. The van der Waals surface area contributed by atoms with Gasteiger partial charge in [-0.2, -0.15) is 0 Å². The molecule has 3 nitrogen and oxygen atoms in total. The maximum atomic E-state index is 5.94. The molecule has 2 aromatic rings. The van der Waals surface area contributed by atoms with E-state index in [1.807, 2.05) is 19.4 Å². The van der Waals surface area contributed by atoms with E-state index in [4.69, 9.17) is 5.73 Å². The van der Waals surface area contributed by atoms with Crippen LogP contribution in [0.3, 0.4) is 0 Å². The molecule has 1 heterocycles. The van der Waals surface area contributed by atoms with Crippen LogP contribution in [0.2, 0.25) is 0 Å². The molecule has 1 aromatic heterocycles. The first-order chi connectivity index (χ1) is 8.68.